The number of hydrogen-bond acceptors (Lipinski definition) is 4. The van der Waals surface area contributed by atoms with E-state index in [1.54, 1.807) is 11.3 Å². The largest absolute Gasteiger partial charge is 0.311 e. The van der Waals surface area contributed by atoms with Crippen molar-refractivity contribution < 1.29 is 9.18 Å². The maximum Gasteiger partial charge on any atom is 0.186 e. The first-order valence-electron chi connectivity index (χ1n) is 11.7. The second kappa shape index (κ2) is 10.7. The molecular formula is C29H35FN2OS. The summed E-state index contributed by atoms with van der Waals surface area (Å²) in [6.07, 6.45) is 6.75. The summed E-state index contributed by atoms with van der Waals surface area (Å²) in [5, 5.41) is 5.42. The van der Waals surface area contributed by atoms with Crippen molar-refractivity contribution in [2.75, 3.05) is 13.1 Å². The number of hydrogen-bond donors (Lipinski definition) is 1. The molecule has 1 N–H and O–H groups in total. The van der Waals surface area contributed by atoms with E-state index in [0.717, 1.165) is 45.8 Å². The Balaban J connectivity index is 1.85. The summed E-state index contributed by atoms with van der Waals surface area (Å²) in [6, 6.07) is 10.7. The molecule has 0 fully saturated rings. The SMILES string of the molecule is CC(C)(C)C1=CC(=C(N=CCNCCc2ccc(F)cc2)c2cccs2)C=C(C(C)(C)C)C1=O. The Morgan fingerprint density at radius 1 is 1.00 bits per heavy atom. The van der Waals surface area contributed by atoms with Crippen LogP contribution < -0.4 is 5.32 Å². The Kier molecular flexibility index (Phi) is 8.21. The van der Waals surface area contributed by atoms with Crippen LogP contribution in [-0.2, 0) is 11.2 Å². The average molecular weight is 479 g/mol. The van der Waals surface area contributed by atoms with Crippen LogP contribution in [0.2, 0.25) is 0 Å². The summed E-state index contributed by atoms with van der Waals surface area (Å²) >= 11 is 1.64. The van der Waals surface area contributed by atoms with Gasteiger partial charge in [0.25, 0.3) is 0 Å². The first-order chi connectivity index (χ1) is 16.0. The molecule has 2 aromatic rings. The van der Waals surface area contributed by atoms with E-state index in [1.165, 1.54) is 12.1 Å². The molecule has 1 heterocycles. The standard InChI is InChI=1S/C29H35FN2OS/c1-28(2,3)23-18-21(19-24(27(23)33)29(4,5)6)26(25-8-7-17-34-25)32-16-15-31-14-13-20-9-11-22(30)12-10-20/h7-12,16-19,31H,13-15H2,1-6H3. The van der Waals surface area contributed by atoms with Crippen LogP contribution in [0.4, 0.5) is 4.39 Å². The smallest absolute Gasteiger partial charge is 0.186 e. The Labute approximate surface area is 207 Å². The highest BCUT2D eigenvalue weighted by Crippen LogP contribution is 2.41. The van der Waals surface area contributed by atoms with Crippen molar-refractivity contribution in [3.8, 4) is 0 Å². The van der Waals surface area contributed by atoms with Gasteiger partial charge in [-0.15, -0.1) is 11.3 Å². The minimum absolute atomic E-state index is 0.126. The van der Waals surface area contributed by atoms with Gasteiger partial charge >= 0.3 is 0 Å². The number of carbonyl (C=O) groups is 1. The Hall–Kier alpha value is -2.63. The monoisotopic (exact) mass is 478 g/mol. The van der Waals surface area contributed by atoms with E-state index in [1.807, 2.05) is 41.9 Å². The van der Waals surface area contributed by atoms with Gasteiger partial charge in [-0.2, -0.15) is 0 Å². The molecule has 0 radical (unpaired) electrons. The molecule has 180 valence electrons. The van der Waals surface area contributed by atoms with Crippen LogP contribution in [0.15, 0.2) is 75.6 Å². The lowest BCUT2D eigenvalue weighted by atomic mass is 9.71. The number of halogens is 1. The van der Waals surface area contributed by atoms with Gasteiger partial charge in [-0.25, -0.2) is 4.39 Å². The number of aliphatic imine (C=N–C) groups is 1. The van der Waals surface area contributed by atoms with Gasteiger partial charge in [0.1, 0.15) is 5.82 Å². The number of benzene rings is 1. The van der Waals surface area contributed by atoms with Gasteiger partial charge in [-0.1, -0.05) is 59.7 Å². The highest BCUT2D eigenvalue weighted by Gasteiger charge is 2.34. The third-order valence-corrected chi connectivity index (χ3v) is 6.57. The van der Waals surface area contributed by atoms with E-state index < -0.39 is 0 Å². The first kappa shape index (κ1) is 26.0. The lowest BCUT2D eigenvalue weighted by Gasteiger charge is -2.31. The summed E-state index contributed by atoms with van der Waals surface area (Å²) in [7, 11) is 0. The molecule has 0 saturated heterocycles. The molecule has 3 rings (SSSR count). The maximum atomic E-state index is 13.3. The van der Waals surface area contributed by atoms with Gasteiger partial charge in [-0.05, 0) is 65.1 Å². The van der Waals surface area contributed by atoms with E-state index in [4.69, 9.17) is 4.99 Å². The van der Waals surface area contributed by atoms with E-state index in [9.17, 15) is 9.18 Å². The van der Waals surface area contributed by atoms with Gasteiger partial charge in [0.05, 0.1) is 10.6 Å². The van der Waals surface area contributed by atoms with Crippen molar-refractivity contribution in [1.82, 2.24) is 5.32 Å². The molecule has 0 unspecified atom stereocenters. The van der Waals surface area contributed by atoms with Gasteiger partial charge in [0.15, 0.2) is 5.78 Å². The number of Topliss-reactive ketones (excluding diaryl/α,β-unsaturated/α-hetero) is 1. The molecule has 1 aliphatic rings. The average Bonchev–Trinajstić information content (AvgIpc) is 3.28. The number of nitrogens with one attached hydrogen (secondary N) is 1. The number of ketones is 1. The molecule has 0 saturated carbocycles. The molecule has 3 nitrogen and oxygen atoms in total. The van der Waals surface area contributed by atoms with Crippen molar-refractivity contribution in [2.45, 2.75) is 48.0 Å². The van der Waals surface area contributed by atoms with Gasteiger partial charge < -0.3 is 5.32 Å². The number of carbonyl (C=O) groups excluding carboxylic acids is 1. The molecule has 0 aliphatic heterocycles. The lowest BCUT2D eigenvalue weighted by molar-refractivity contribution is -0.114. The van der Waals surface area contributed by atoms with Gasteiger partial charge in [0, 0.05) is 29.5 Å². The molecule has 34 heavy (non-hydrogen) atoms. The van der Waals surface area contributed by atoms with Crippen LogP contribution >= 0.6 is 11.3 Å². The van der Waals surface area contributed by atoms with Crippen LogP contribution in [0.3, 0.4) is 0 Å². The molecular weight excluding hydrogens is 443 g/mol. The van der Waals surface area contributed by atoms with Crippen LogP contribution in [0.25, 0.3) is 5.70 Å². The number of thiophene rings is 1. The van der Waals surface area contributed by atoms with Crippen LogP contribution in [0.5, 0.6) is 0 Å². The van der Waals surface area contributed by atoms with Crippen molar-refractivity contribution in [2.24, 2.45) is 15.8 Å². The molecule has 0 atom stereocenters. The fourth-order valence-corrected chi connectivity index (χ4v) is 4.50. The second-order valence-corrected chi connectivity index (χ2v) is 11.6. The minimum atomic E-state index is -0.265. The Bertz CT molecular complexity index is 1090. The lowest BCUT2D eigenvalue weighted by Crippen LogP contribution is -2.28. The Morgan fingerprint density at radius 2 is 1.62 bits per heavy atom. The second-order valence-electron chi connectivity index (χ2n) is 10.6. The zero-order chi connectivity index (χ0) is 24.9. The van der Waals surface area contributed by atoms with Crippen molar-refractivity contribution in [3.63, 3.8) is 0 Å². The Morgan fingerprint density at radius 3 is 2.15 bits per heavy atom. The van der Waals surface area contributed by atoms with Crippen molar-refractivity contribution >= 4 is 29.0 Å². The highest BCUT2D eigenvalue weighted by atomic mass is 32.1. The topological polar surface area (TPSA) is 41.5 Å². The molecule has 1 aliphatic carbocycles. The quantitative estimate of drug-likeness (QED) is 0.343. The maximum absolute atomic E-state index is 13.3. The van der Waals surface area contributed by atoms with Gasteiger partial charge in [-0.3, -0.25) is 9.79 Å². The highest BCUT2D eigenvalue weighted by molar-refractivity contribution is 7.11. The van der Waals surface area contributed by atoms with Gasteiger partial charge in [0.2, 0.25) is 0 Å². The van der Waals surface area contributed by atoms with Crippen molar-refractivity contribution in [3.05, 3.63) is 86.9 Å². The molecule has 5 heteroatoms. The normalized spacial score (nSPS) is 15.0. The molecule has 0 amide bonds. The summed E-state index contributed by atoms with van der Waals surface area (Å²) in [6.45, 7) is 13.9. The van der Waals surface area contributed by atoms with E-state index >= 15 is 0 Å². The summed E-state index contributed by atoms with van der Waals surface area (Å²) in [5.74, 6) is -0.0875. The van der Waals surface area contributed by atoms with E-state index in [-0.39, 0.29) is 22.4 Å². The van der Waals surface area contributed by atoms with Crippen molar-refractivity contribution in [1.29, 1.82) is 0 Å². The number of nitrogens with zero attached hydrogens (tertiary/aromatic N) is 1. The fraction of sp³-hybridized carbons (Fsp3) is 0.379. The van der Waals surface area contributed by atoms with Crippen LogP contribution in [-0.4, -0.2) is 25.1 Å². The predicted molar refractivity (Wildman–Crippen MR) is 143 cm³/mol. The van der Waals surface area contributed by atoms with Crippen LogP contribution in [0, 0.1) is 16.6 Å². The number of allylic oxidation sites excluding steroid dienone is 5. The molecule has 1 aromatic carbocycles. The van der Waals surface area contributed by atoms with Crippen LogP contribution in [0.1, 0.15) is 52.0 Å². The molecule has 1 aromatic heterocycles. The summed E-state index contributed by atoms with van der Waals surface area (Å²) in [5.41, 5.74) is 4.05. The zero-order valence-electron chi connectivity index (χ0n) is 21.0. The number of rotatable bonds is 7. The fourth-order valence-electron chi connectivity index (χ4n) is 3.76. The third-order valence-electron chi connectivity index (χ3n) is 5.69. The molecule has 0 spiro atoms. The third kappa shape index (κ3) is 6.71. The predicted octanol–water partition coefficient (Wildman–Crippen LogP) is 7.03. The molecule has 0 bridgehead atoms. The van der Waals surface area contributed by atoms with E-state index in [0.29, 0.717) is 6.54 Å². The first-order valence-corrected chi connectivity index (χ1v) is 12.6. The van der Waals surface area contributed by atoms with E-state index in [2.05, 4.69) is 52.9 Å². The zero-order valence-corrected chi connectivity index (χ0v) is 21.9. The summed E-state index contributed by atoms with van der Waals surface area (Å²) in [4.78, 5) is 19.2. The minimum Gasteiger partial charge on any atom is -0.311 e. The summed E-state index contributed by atoms with van der Waals surface area (Å²) < 4.78 is 13.1.